The first kappa shape index (κ1) is 7.53. The van der Waals surface area contributed by atoms with Crippen LogP contribution in [-0.4, -0.2) is 30.0 Å². The van der Waals surface area contributed by atoms with Crippen molar-refractivity contribution >= 4 is 0 Å². The van der Waals surface area contributed by atoms with Gasteiger partial charge in [0, 0.05) is 6.04 Å². The lowest BCUT2D eigenvalue weighted by Crippen LogP contribution is -2.64. The molecule has 1 aliphatic carbocycles. The Bertz CT molecular complexity index is 152. The van der Waals surface area contributed by atoms with E-state index in [1.54, 1.807) is 0 Å². The standard InChI is InChI=1S/C8H15NO2/c9-7(6-2-1-3-6)8(10)4-11-5-8/h6-7,10H,1-5,9H2. The summed E-state index contributed by atoms with van der Waals surface area (Å²) < 4.78 is 4.95. The van der Waals surface area contributed by atoms with Crippen molar-refractivity contribution in [3.05, 3.63) is 0 Å². The minimum atomic E-state index is -0.689. The van der Waals surface area contributed by atoms with Crippen LogP contribution in [0.3, 0.4) is 0 Å². The van der Waals surface area contributed by atoms with Crippen LogP contribution in [0.4, 0.5) is 0 Å². The van der Waals surface area contributed by atoms with E-state index in [1.807, 2.05) is 0 Å². The van der Waals surface area contributed by atoms with Crippen LogP contribution in [0.15, 0.2) is 0 Å². The van der Waals surface area contributed by atoms with E-state index in [0.29, 0.717) is 19.1 Å². The van der Waals surface area contributed by atoms with Crippen LogP contribution in [0.1, 0.15) is 19.3 Å². The van der Waals surface area contributed by atoms with E-state index < -0.39 is 5.60 Å². The summed E-state index contributed by atoms with van der Waals surface area (Å²) in [6.45, 7) is 0.870. The molecule has 3 nitrogen and oxygen atoms in total. The number of aliphatic hydroxyl groups is 1. The Morgan fingerprint density at radius 2 is 2.09 bits per heavy atom. The monoisotopic (exact) mass is 157 g/mol. The number of hydrogen-bond donors (Lipinski definition) is 2. The highest BCUT2D eigenvalue weighted by molar-refractivity contribution is 5.00. The van der Waals surface area contributed by atoms with Gasteiger partial charge in [-0.25, -0.2) is 0 Å². The van der Waals surface area contributed by atoms with E-state index in [9.17, 15) is 5.11 Å². The second-order valence-corrected chi connectivity index (χ2v) is 3.81. The molecule has 2 rings (SSSR count). The van der Waals surface area contributed by atoms with Crippen molar-refractivity contribution in [1.82, 2.24) is 0 Å². The molecule has 0 bridgehead atoms. The fraction of sp³-hybridized carbons (Fsp3) is 1.00. The molecule has 0 aromatic carbocycles. The molecule has 64 valence electrons. The summed E-state index contributed by atoms with van der Waals surface area (Å²) in [4.78, 5) is 0. The van der Waals surface area contributed by atoms with Crippen molar-refractivity contribution in [1.29, 1.82) is 0 Å². The molecule has 0 radical (unpaired) electrons. The van der Waals surface area contributed by atoms with Crippen LogP contribution >= 0.6 is 0 Å². The first-order valence-electron chi connectivity index (χ1n) is 4.28. The van der Waals surface area contributed by atoms with Gasteiger partial charge in [-0.15, -0.1) is 0 Å². The summed E-state index contributed by atoms with van der Waals surface area (Å²) in [6, 6.07) is -0.0509. The molecule has 3 heteroatoms. The average molecular weight is 157 g/mol. The highest BCUT2D eigenvalue weighted by Gasteiger charge is 2.46. The molecule has 11 heavy (non-hydrogen) atoms. The third-order valence-electron chi connectivity index (χ3n) is 2.98. The van der Waals surface area contributed by atoms with Gasteiger partial charge in [0.1, 0.15) is 5.60 Å². The van der Waals surface area contributed by atoms with Crippen LogP contribution in [0, 0.1) is 5.92 Å². The Hall–Kier alpha value is -0.120. The normalized spacial score (nSPS) is 32.2. The van der Waals surface area contributed by atoms with E-state index in [4.69, 9.17) is 10.5 Å². The molecule has 2 fully saturated rings. The molecule has 1 unspecified atom stereocenters. The molecule has 1 saturated heterocycles. The van der Waals surface area contributed by atoms with Gasteiger partial charge >= 0.3 is 0 Å². The van der Waals surface area contributed by atoms with Crippen molar-refractivity contribution < 1.29 is 9.84 Å². The topological polar surface area (TPSA) is 55.5 Å². The maximum absolute atomic E-state index is 9.76. The van der Waals surface area contributed by atoms with Gasteiger partial charge in [0.15, 0.2) is 0 Å². The summed E-state index contributed by atoms with van der Waals surface area (Å²) in [5.74, 6) is 0.545. The van der Waals surface area contributed by atoms with Crippen molar-refractivity contribution in [2.45, 2.75) is 30.9 Å². The molecule has 0 aromatic heterocycles. The zero-order chi connectivity index (χ0) is 7.90. The van der Waals surface area contributed by atoms with Crippen molar-refractivity contribution in [2.24, 2.45) is 11.7 Å². The van der Waals surface area contributed by atoms with E-state index in [0.717, 1.165) is 0 Å². The smallest absolute Gasteiger partial charge is 0.126 e. The van der Waals surface area contributed by atoms with Gasteiger partial charge in [0.25, 0.3) is 0 Å². The first-order chi connectivity index (χ1) is 5.22. The van der Waals surface area contributed by atoms with Gasteiger partial charge in [-0.1, -0.05) is 6.42 Å². The number of hydrogen-bond acceptors (Lipinski definition) is 3. The zero-order valence-corrected chi connectivity index (χ0v) is 6.62. The summed E-state index contributed by atoms with van der Waals surface area (Å²) in [5.41, 5.74) is 5.20. The van der Waals surface area contributed by atoms with Crippen LogP contribution in [0.5, 0.6) is 0 Å². The quantitative estimate of drug-likeness (QED) is 0.587. The highest BCUT2D eigenvalue weighted by atomic mass is 16.5. The van der Waals surface area contributed by atoms with Gasteiger partial charge in [0.2, 0.25) is 0 Å². The van der Waals surface area contributed by atoms with Gasteiger partial charge in [-0.2, -0.15) is 0 Å². The second kappa shape index (κ2) is 2.44. The summed E-state index contributed by atoms with van der Waals surface area (Å²) in [6.07, 6.45) is 3.64. The molecule has 2 aliphatic rings. The molecule has 0 spiro atoms. The van der Waals surface area contributed by atoms with E-state index in [2.05, 4.69) is 0 Å². The molecular formula is C8H15NO2. The third kappa shape index (κ3) is 1.08. The summed E-state index contributed by atoms with van der Waals surface area (Å²) in [5, 5.41) is 9.76. The minimum Gasteiger partial charge on any atom is -0.383 e. The minimum absolute atomic E-state index is 0.0509. The Balaban J connectivity index is 1.91. The largest absolute Gasteiger partial charge is 0.383 e. The van der Waals surface area contributed by atoms with E-state index in [-0.39, 0.29) is 6.04 Å². The molecule has 1 atom stereocenters. The number of ether oxygens (including phenoxy) is 1. The lowest BCUT2D eigenvalue weighted by Gasteiger charge is -2.46. The van der Waals surface area contributed by atoms with Crippen LogP contribution in [0.2, 0.25) is 0 Å². The third-order valence-corrected chi connectivity index (χ3v) is 2.98. The molecule has 1 saturated carbocycles. The molecule has 1 heterocycles. The predicted molar refractivity (Wildman–Crippen MR) is 41.1 cm³/mol. The summed E-state index contributed by atoms with van der Waals surface area (Å²) >= 11 is 0. The van der Waals surface area contributed by atoms with Crippen molar-refractivity contribution in [2.75, 3.05) is 13.2 Å². The predicted octanol–water partition coefficient (Wildman–Crippen LogP) is -0.125. The first-order valence-corrected chi connectivity index (χ1v) is 4.28. The fourth-order valence-electron chi connectivity index (χ4n) is 1.74. The maximum Gasteiger partial charge on any atom is 0.126 e. The Kier molecular flexibility index (Phi) is 1.67. The van der Waals surface area contributed by atoms with E-state index in [1.165, 1.54) is 19.3 Å². The zero-order valence-electron chi connectivity index (χ0n) is 6.62. The number of nitrogens with two attached hydrogens (primary N) is 1. The maximum atomic E-state index is 9.76. The van der Waals surface area contributed by atoms with Crippen molar-refractivity contribution in [3.8, 4) is 0 Å². The lowest BCUT2D eigenvalue weighted by atomic mass is 9.73. The van der Waals surface area contributed by atoms with Crippen LogP contribution < -0.4 is 5.73 Å². The second-order valence-electron chi connectivity index (χ2n) is 3.81. The fourth-order valence-corrected chi connectivity index (χ4v) is 1.74. The van der Waals surface area contributed by atoms with E-state index >= 15 is 0 Å². The SMILES string of the molecule is NC(C1CCC1)C1(O)COC1. The Morgan fingerprint density at radius 3 is 2.36 bits per heavy atom. The van der Waals surface area contributed by atoms with Crippen LogP contribution in [-0.2, 0) is 4.74 Å². The van der Waals surface area contributed by atoms with Gasteiger partial charge < -0.3 is 15.6 Å². The van der Waals surface area contributed by atoms with Crippen LogP contribution in [0.25, 0.3) is 0 Å². The van der Waals surface area contributed by atoms with Gasteiger partial charge in [0.05, 0.1) is 13.2 Å². The number of rotatable bonds is 2. The summed E-state index contributed by atoms with van der Waals surface area (Å²) in [7, 11) is 0. The molecule has 1 aliphatic heterocycles. The Labute approximate surface area is 66.5 Å². The molecule has 0 aromatic rings. The molecule has 3 N–H and O–H groups in total. The average Bonchev–Trinajstić information content (AvgIpc) is 1.78. The van der Waals surface area contributed by atoms with Crippen molar-refractivity contribution in [3.63, 3.8) is 0 Å². The molecule has 0 amide bonds. The Morgan fingerprint density at radius 1 is 1.45 bits per heavy atom. The van der Waals surface area contributed by atoms with Gasteiger partial charge in [-0.3, -0.25) is 0 Å². The highest BCUT2D eigenvalue weighted by Crippen LogP contribution is 2.35. The lowest BCUT2D eigenvalue weighted by molar-refractivity contribution is -0.199. The molecular weight excluding hydrogens is 142 g/mol. The van der Waals surface area contributed by atoms with Gasteiger partial charge in [-0.05, 0) is 18.8 Å².